The number of nitrogens with zero attached hydrogens (tertiary/aromatic N) is 4. The van der Waals surface area contributed by atoms with Crippen LogP contribution < -0.4 is 10.2 Å². The highest BCUT2D eigenvalue weighted by atomic mass is 16.2. The van der Waals surface area contributed by atoms with Crippen molar-refractivity contribution in [1.82, 2.24) is 14.3 Å². The summed E-state index contributed by atoms with van der Waals surface area (Å²) < 4.78 is 1.77. The van der Waals surface area contributed by atoms with Crippen molar-refractivity contribution in [2.24, 2.45) is 0 Å². The van der Waals surface area contributed by atoms with Crippen LogP contribution >= 0.6 is 0 Å². The lowest BCUT2D eigenvalue weighted by Gasteiger charge is -2.25. The predicted molar refractivity (Wildman–Crippen MR) is 158 cm³/mol. The molecule has 2 aromatic carbocycles. The smallest absolute Gasteiger partial charge is 0.298 e. The van der Waals surface area contributed by atoms with Gasteiger partial charge in [0, 0.05) is 78.3 Å². The van der Waals surface area contributed by atoms with E-state index in [1.165, 1.54) is 0 Å². The number of hydrogen-bond acceptors (Lipinski definition) is 5. The van der Waals surface area contributed by atoms with Gasteiger partial charge in [-0.2, -0.15) is 0 Å². The Hall–Kier alpha value is -5.43. The van der Waals surface area contributed by atoms with Crippen LogP contribution in [0.1, 0.15) is 16.2 Å². The number of pyridine rings is 2. The first-order valence-corrected chi connectivity index (χ1v) is 13.1. The van der Waals surface area contributed by atoms with Gasteiger partial charge in [-0.05, 0) is 60.2 Å². The maximum Gasteiger partial charge on any atom is 0.298 e. The second-order valence-electron chi connectivity index (χ2n) is 9.41. The van der Waals surface area contributed by atoms with Gasteiger partial charge in [0.1, 0.15) is 5.69 Å². The third kappa shape index (κ3) is 5.26. The van der Waals surface area contributed by atoms with Crippen molar-refractivity contribution in [3.05, 3.63) is 146 Å². The zero-order valence-electron chi connectivity index (χ0n) is 21.7. The van der Waals surface area contributed by atoms with Crippen LogP contribution in [-0.4, -0.2) is 32.5 Å². The first kappa shape index (κ1) is 24.9. The monoisotopic (exact) mass is 525 g/mol. The second-order valence-corrected chi connectivity index (χ2v) is 9.41. The fourth-order valence-electron chi connectivity index (χ4n) is 4.73. The molecule has 0 radical (unpaired) electrons. The van der Waals surface area contributed by atoms with Gasteiger partial charge < -0.3 is 19.5 Å². The number of nitrogens with one attached hydrogen (secondary N) is 1. The highest BCUT2D eigenvalue weighted by Crippen LogP contribution is 2.29. The summed E-state index contributed by atoms with van der Waals surface area (Å²) in [5, 5.41) is 2.77. The Morgan fingerprint density at radius 3 is 2.27 bits per heavy atom. The Balaban J connectivity index is 1.12. The number of amides is 1. The molecule has 5 aromatic rings. The van der Waals surface area contributed by atoms with Crippen LogP contribution in [0, 0.1) is 0 Å². The number of Topliss-reactive ketones (excluding diaryl/α,β-unsaturated/α-hetero) is 1. The minimum Gasteiger partial charge on any atom is -0.351 e. The topological polar surface area (TPSA) is 70.0 Å². The highest BCUT2D eigenvalue weighted by molar-refractivity contribution is 6.47. The molecule has 4 heterocycles. The zero-order valence-corrected chi connectivity index (χ0v) is 21.7. The van der Waals surface area contributed by atoms with Crippen LogP contribution in [0.25, 0.3) is 16.6 Å². The lowest BCUT2D eigenvalue weighted by Crippen LogP contribution is -2.24. The zero-order chi connectivity index (χ0) is 27.3. The van der Waals surface area contributed by atoms with E-state index < -0.39 is 11.7 Å². The molecule has 7 nitrogen and oxygen atoms in total. The molecule has 0 spiro atoms. The Morgan fingerprint density at radius 1 is 0.775 bits per heavy atom. The maximum absolute atomic E-state index is 13.4. The van der Waals surface area contributed by atoms with Crippen molar-refractivity contribution in [3.8, 4) is 11.1 Å². The first-order chi connectivity index (χ1) is 19.7. The van der Waals surface area contributed by atoms with Gasteiger partial charge in [0.2, 0.25) is 0 Å². The summed E-state index contributed by atoms with van der Waals surface area (Å²) in [5.41, 5.74) is 5.33. The summed E-state index contributed by atoms with van der Waals surface area (Å²) in [6, 6.07) is 30.6. The van der Waals surface area contributed by atoms with Crippen LogP contribution in [0.2, 0.25) is 0 Å². The van der Waals surface area contributed by atoms with Gasteiger partial charge in [-0.15, -0.1) is 0 Å². The average molecular weight is 526 g/mol. The maximum atomic E-state index is 13.4. The fourth-order valence-corrected chi connectivity index (χ4v) is 4.73. The molecule has 1 aliphatic rings. The van der Waals surface area contributed by atoms with Crippen molar-refractivity contribution in [2.45, 2.75) is 6.42 Å². The van der Waals surface area contributed by atoms with Gasteiger partial charge >= 0.3 is 0 Å². The first-order valence-electron chi connectivity index (χ1n) is 13.1. The van der Waals surface area contributed by atoms with Gasteiger partial charge in [0.25, 0.3) is 11.7 Å². The van der Waals surface area contributed by atoms with E-state index in [0.29, 0.717) is 11.4 Å². The van der Waals surface area contributed by atoms with E-state index in [2.05, 4.69) is 15.2 Å². The van der Waals surface area contributed by atoms with Crippen molar-refractivity contribution in [3.63, 3.8) is 0 Å². The summed E-state index contributed by atoms with van der Waals surface area (Å²) in [6.45, 7) is 0.833. The minimum absolute atomic E-state index is 0.340. The van der Waals surface area contributed by atoms with Gasteiger partial charge in [-0.25, -0.2) is 0 Å². The molecule has 0 atom stereocenters. The molecular weight excluding hydrogens is 498 g/mol. The predicted octanol–water partition coefficient (Wildman–Crippen LogP) is 6.13. The van der Waals surface area contributed by atoms with E-state index in [9.17, 15) is 9.59 Å². The van der Waals surface area contributed by atoms with Gasteiger partial charge in [-0.1, -0.05) is 42.5 Å². The number of aromatic nitrogens is 2. The lowest BCUT2D eigenvalue weighted by molar-refractivity contribution is -0.112. The lowest BCUT2D eigenvalue weighted by atomic mass is 10.0. The number of fused-ring (bicyclic) bond motifs is 1. The van der Waals surface area contributed by atoms with E-state index in [0.717, 1.165) is 41.0 Å². The number of anilines is 2. The van der Waals surface area contributed by atoms with E-state index in [1.54, 1.807) is 22.7 Å². The van der Waals surface area contributed by atoms with Crippen LogP contribution in [0.5, 0.6) is 0 Å². The summed E-state index contributed by atoms with van der Waals surface area (Å²) in [5.74, 6) is -1.28. The average Bonchev–Trinajstić information content (AvgIpc) is 3.41. The summed E-state index contributed by atoms with van der Waals surface area (Å²) in [6.07, 6.45) is 12.5. The molecule has 7 heteroatoms. The summed E-state index contributed by atoms with van der Waals surface area (Å²) in [4.78, 5) is 35.0. The van der Waals surface area contributed by atoms with E-state index in [1.807, 2.05) is 121 Å². The summed E-state index contributed by atoms with van der Waals surface area (Å²) >= 11 is 0. The Labute approximate surface area is 232 Å². The second kappa shape index (κ2) is 11.1. The largest absolute Gasteiger partial charge is 0.351 e. The number of rotatable bonds is 8. The molecule has 3 aromatic heterocycles. The molecule has 196 valence electrons. The molecule has 0 unspecified atom stereocenters. The molecule has 6 rings (SSSR count). The van der Waals surface area contributed by atoms with Crippen molar-refractivity contribution in [2.75, 3.05) is 16.8 Å². The SMILES string of the molecule is O=C(Nc1ccc(N2C=CN(CCc3ccccn3)C=C2)cc1)C(=O)c1c(-c2ccccc2)cc2ccccn12. The highest BCUT2D eigenvalue weighted by Gasteiger charge is 2.25. The molecule has 40 heavy (non-hydrogen) atoms. The Morgan fingerprint density at radius 2 is 1.52 bits per heavy atom. The molecule has 1 amide bonds. The third-order valence-electron chi connectivity index (χ3n) is 6.80. The van der Waals surface area contributed by atoms with Crippen LogP contribution in [0.3, 0.4) is 0 Å². The number of carbonyl (C=O) groups excluding carboxylic acids is 2. The standard InChI is InChI=1S/C33H27N5O2/c39-32(31-30(25-8-2-1-3-9-25)24-29-11-5-7-18-38(29)31)33(40)35-27-12-14-28(15-13-27)37-22-20-36(21-23-37)19-16-26-10-4-6-17-34-26/h1-15,17-18,20-24H,16,19H2,(H,35,40). The minimum atomic E-state index is -0.685. The van der Waals surface area contributed by atoms with Crippen molar-refractivity contribution < 1.29 is 9.59 Å². The van der Waals surface area contributed by atoms with E-state index in [-0.39, 0.29) is 0 Å². The Bertz CT molecular complexity index is 1690. The Kier molecular flexibility index (Phi) is 6.92. The number of ketones is 1. The van der Waals surface area contributed by atoms with Crippen molar-refractivity contribution in [1.29, 1.82) is 0 Å². The molecule has 0 bridgehead atoms. The molecule has 1 aliphatic heterocycles. The van der Waals surface area contributed by atoms with E-state index in [4.69, 9.17) is 0 Å². The molecule has 0 fully saturated rings. The number of hydrogen-bond donors (Lipinski definition) is 1. The quantitative estimate of drug-likeness (QED) is 0.195. The van der Waals surface area contributed by atoms with Crippen LogP contribution in [-0.2, 0) is 11.2 Å². The number of carbonyl (C=O) groups is 2. The molecule has 0 aliphatic carbocycles. The molecular formula is C33H27N5O2. The van der Waals surface area contributed by atoms with Gasteiger partial charge in [0.05, 0.1) is 0 Å². The van der Waals surface area contributed by atoms with Crippen LogP contribution in [0.15, 0.2) is 134 Å². The van der Waals surface area contributed by atoms with Crippen LogP contribution in [0.4, 0.5) is 11.4 Å². The van der Waals surface area contributed by atoms with Gasteiger partial charge in [-0.3, -0.25) is 14.6 Å². The van der Waals surface area contributed by atoms with Gasteiger partial charge in [0.15, 0.2) is 0 Å². The van der Waals surface area contributed by atoms with E-state index >= 15 is 0 Å². The molecule has 0 saturated heterocycles. The third-order valence-corrected chi connectivity index (χ3v) is 6.80. The molecule has 0 saturated carbocycles. The normalized spacial score (nSPS) is 12.6. The van der Waals surface area contributed by atoms with Crippen molar-refractivity contribution >= 4 is 28.6 Å². The summed E-state index contributed by atoms with van der Waals surface area (Å²) in [7, 11) is 0. The molecule has 1 N–H and O–H groups in total. The fraction of sp³-hybridized carbons (Fsp3) is 0.0606. The number of benzene rings is 2.